The Hall–Kier alpha value is -0.570. The van der Waals surface area contributed by atoms with Crippen molar-refractivity contribution in [2.45, 2.75) is 18.4 Å². The highest BCUT2D eigenvalue weighted by Gasteiger charge is 2.66. The van der Waals surface area contributed by atoms with Gasteiger partial charge in [0.2, 0.25) is 0 Å². The summed E-state index contributed by atoms with van der Waals surface area (Å²) >= 11 is 0. The Kier molecular flexibility index (Phi) is 0.876. The Balaban J connectivity index is 1.99. The Morgan fingerprint density at radius 1 is 1.64 bits per heavy atom. The van der Waals surface area contributed by atoms with Crippen molar-refractivity contribution in [2.24, 2.45) is 11.8 Å². The van der Waals surface area contributed by atoms with Gasteiger partial charge in [0.25, 0.3) is 5.91 Å². The molecule has 1 N–H and O–H groups in total. The average molecular weight is 153 g/mol. The molecule has 1 saturated carbocycles. The Morgan fingerprint density at radius 2 is 2.55 bits per heavy atom. The van der Waals surface area contributed by atoms with E-state index in [-0.39, 0.29) is 11.5 Å². The first-order valence-electron chi connectivity index (χ1n) is 4.25. The predicted octanol–water partition coefficient (Wildman–Crippen LogP) is -0.0886. The molecule has 0 radical (unpaired) electrons. The lowest BCUT2D eigenvalue weighted by molar-refractivity contribution is -0.156. The van der Waals surface area contributed by atoms with Gasteiger partial charge in [0.05, 0.1) is 6.61 Å². The molecule has 0 aromatic heterocycles. The highest BCUT2D eigenvalue weighted by molar-refractivity contribution is 5.88. The molecule has 0 aromatic carbocycles. The highest BCUT2D eigenvalue weighted by atomic mass is 16.5. The summed E-state index contributed by atoms with van der Waals surface area (Å²) in [6.07, 6.45) is 2.10. The minimum atomic E-state index is -0.358. The zero-order chi connectivity index (χ0) is 7.47. The van der Waals surface area contributed by atoms with Gasteiger partial charge in [-0.15, -0.1) is 0 Å². The zero-order valence-corrected chi connectivity index (χ0v) is 6.30. The van der Waals surface area contributed by atoms with Gasteiger partial charge in [0, 0.05) is 12.5 Å². The van der Waals surface area contributed by atoms with E-state index in [1.807, 2.05) is 0 Å². The lowest BCUT2D eigenvalue weighted by Gasteiger charge is -2.46. The van der Waals surface area contributed by atoms with Crippen molar-refractivity contribution in [3.05, 3.63) is 0 Å². The third-order valence-corrected chi connectivity index (χ3v) is 3.41. The molecular formula is C8H11NO2. The molecule has 3 atom stereocenters. The van der Waals surface area contributed by atoms with Gasteiger partial charge in [-0.3, -0.25) is 4.79 Å². The number of rotatable bonds is 0. The first-order chi connectivity index (χ1) is 5.33. The van der Waals surface area contributed by atoms with Gasteiger partial charge in [-0.1, -0.05) is 0 Å². The van der Waals surface area contributed by atoms with Crippen LogP contribution in [0.25, 0.3) is 0 Å². The molecule has 2 bridgehead atoms. The first-order valence-corrected chi connectivity index (χ1v) is 4.25. The average Bonchev–Trinajstić information content (AvgIpc) is 2.51. The van der Waals surface area contributed by atoms with Crippen LogP contribution in [0.2, 0.25) is 0 Å². The predicted molar refractivity (Wildman–Crippen MR) is 37.9 cm³/mol. The van der Waals surface area contributed by atoms with Crippen molar-refractivity contribution in [1.82, 2.24) is 5.32 Å². The lowest BCUT2D eigenvalue weighted by atomic mass is 9.61. The maximum absolute atomic E-state index is 11.4. The van der Waals surface area contributed by atoms with Crippen LogP contribution in [0, 0.1) is 11.8 Å². The minimum absolute atomic E-state index is 0.141. The second-order valence-corrected chi connectivity index (χ2v) is 3.82. The number of nitrogens with one attached hydrogen (secondary N) is 1. The molecule has 3 unspecified atom stereocenters. The van der Waals surface area contributed by atoms with Gasteiger partial charge >= 0.3 is 0 Å². The largest absolute Gasteiger partial charge is 0.365 e. The van der Waals surface area contributed by atoms with E-state index >= 15 is 0 Å². The molecule has 1 spiro atoms. The van der Waals surface area contributed by atoms with Crippen LogP contribution in [0.15, 0.2) is 0 Å². The lowest BCUT2D eigenvalue weighted by Crippen LogP contribution is -2.62. The molecule has 1 amide bonds. The van der Waals surface area contributed by atoms with Gasteiger partial charge < -0.3 is 10.1 Å². The smallest absolute Gasteiger partial charge is 0.252 e. The molecule has 3 aliphatic heterocycles. The quantitative estimate of drug-likeness (QED) is 0.528. The maximum Gasteiger partial charge on any atom is 0.252 e. The number of ether oxygens (including phenoxy) is 1. The maximum atomic E-state index is 11.4. The summed E-state index contributed by atoms with van der Waals surface area (Å²) < 4.78 is 5.52. The van der Waals surface area contributed by atoms with Crippen LogP contribution in [0.1, 0.15) is 12.8 Å². The third kappa shape index (κ3) is 0.495. The first kappa shape index (κ1) is 6.00. The van der Waals surface area contributed by atoms with E-state index in [1.54, 1.807) is 0 Å². The van der Waals surface area contributed by atoms with E-state index in [0.29, 0.717) is 11.8 Å². The summed E-state index contributed by atoms with van der Waals surface area (Å²) in [6.45, 7) is 1.67. The molecule has 3 heteroatoms. The molecule has 3 nitrogen and oxygen atoms in total. The fourth-order valence-corrected chi connectivity index (χ4v) is 2.79. The molecule has 0 aromatic rings. The third-order valence-electron chi connectivity index (χ3n) is 3.41. The standard InChI is InChI=1S/C8H11NO2/c10-7-8-3-5(4-11-8)6(8)1-2-9-7/h5-6H,1-4H2,(H,9,10). The van der Waals surface area contributed by atoms with E-state index in [1.165, 1.54) is 0 Å². The van der Waals surface area contributed by atoms with Crippen LogP contribution in [0.3, 0.4) is 0 Å². The van der Waals surface area contributed by atoms with Gasteiger partial charge in [0.1, 0.15) is 5.60 Å². The van der Waals surface area contributed by atoms with Crippen molar-refractivity contribution in [3.63, 3.8) is 0 Å². The normalized spacial score (nSPS) is 52.9. The Bertz CT molecular complexity index is 224. The van der Waals surface area contributed by atoms with E-state index in [2.05, 4.69) is 5.32 Å². The van der Waals surface area contributed by atoms with E-state index in [4.69, 9.17) is 4.74 Å². The van der Waals surface area contributed by atoms with E-state index in [0.717, 1.165) is 26.0 Å². The van der Waals surface area contributed by atoms with Crippen LogP contribution >= 0.6 is 0 Å². The zero-order valence-electron chi connectivity index (χ0n) is 6.30. The van der Waals surface area contributed by atoms with Crippen LogP contribution in [-0.2, 0) is 9.53 Å². The Morgan fingerprint density at radius 3 is 3.27 bits per heavy atom. The van der Waals surface area contributed by atoms with Crippen molar-refractivity contribution in [3.8, 4) is 0 Å². The van der Waals surface area contributed by atoms with Crippen molar-refractivity contribution in [1.29, 1.82) is 0 Å². The second kappa shape index (κ2) is 1.61. The summed E-state index contributed by atoms with van der Waals surface area (Å²) in [5, 5.41) is 2.87. The summed E-state index contributed by atoms with van der Waals surface area (Å²) in [4.78, 5) is 11.4. The number of hydrogen-bond donors (Lipinski definition) is 1. The topological polar surface area (TPSA) is 38.3 Å². The van der Waals surface area contributed by atoms with Gasteiger partial charge in [-0.25, -0.2) is 0 Å². The summed E-state index contributed by atoms with van der Waals surface area (Å²) in [5.41, 5.74) is -0.358. The summed E-state index contributed by atoms with van der Waals surface area (Å²) in [5.74, 6) is 1.39. The molecule has 1 aliphatic carbocycles. The fourth-order valence-electron chi connectivity index (χ4n) is 2.79. The molecule has 4 fully saturated rings. The van der Waals surface area contributed by atoms with Crippen LogP contribution < -0.4 is 5.32 Å². The molecule has 3 saturated heterocycles. The van der Waals surface area contributed by atoms with Gasteiger partial charge in [-0.2, -0.15) is 0 Å². The molecule has 4 rings (SSSR count). The van der Waals surface area contributed by atoms with Crippen LogP contribution in [0.4, 0.5) is 0 Å². The number of piperidine rings is 1. The minimum Gasteiger partial charge on any atom is -0.365 e. The molecule has 4 aliphatic rings. The van der Waals surface area contributed by atoms with E-state index < -0.39 is 0 Å². The fraction of sp³-hybridized carbons (Fsp3) is 0.875. The molecule has 3 heterocycles. The SMILES string of the molecule is O=C1NCCC2C3COC12C3. The molecular weight excluding hydrogens is 142 g/mol. The highest BCUT2D eigenvalue weighted by Crippen LogP contribution is 2.56. The monoisotopic (exact) mass is 153 g/mol. The number of fused-ring (bicyclic) bond motifs is 1. The van der Waals surface area contributed by atoms with Crippen LogP contribution in [-0.4, -0.2) is 24.7 Å². The number of carbonyl (C=O) groups is 1. The summed E-state index contributed by atoms with van der Waals surface area (Å²) in [6, 6.07) is 0. The van der Waals surface area contributed by atoms with Crippen molar-refractivity contribution >= 4 is 5.91 Å². The molecule has 11 heavy (non-hydrogen) atoms. The van der Waals surface area contributed by atoms with Crippen LogP contribution in [0.5, 0.6) is 0 Å². The Labute approximate surface area is 65.1 Å². The number of hydrogen-bond acceptors (Lipinski definition) is 2. The van der Waals surface area contributed by atoms with E-state index in [9.17, 15) is 4.79 Å². The van der Waals surface area contributed by atoms with Gasteiger partial charge in [-0.05, 0) is 18.8 Å². The summed E-state index contributed by atoms with van der Waals surface area (Å²) in [7, 11) is 0. The number of carbonyl (C=O) groups excluding carboxylic acids is 1. The number of amides is 1. The second-order valence-electron chi connectivity index (χ2n) is 3.82. The van der Waals surface area contributed by atoms with Crippen molar-refractivity contribution < 1.29 is 9.53 Å². The van der Waals surface area contributed by atoms with Gasteiger partial charge in [0.15, 0.2) is 0 Å². The van der Waals surface area contributed by atoms with Crippen molar-refractivity contribution in [2.75, 3.05) is 13.2 Å². The molecule has 60 valence electrons.